The lowest BCUT2D eigenvalue weighted by atomic mass is 10.1. The predicted molar refractivity (Wildman–Crippen MR) is 117 cm³/mol. The highest BCUT2D eigenvalue weighted by atomic mass is 16.4. The number of amides is 2. The molecule has 1 saturated carbocycles. The van der Waals surface area contributed by atoms with Gasteiger partial charge in [0.05, 0.1) is 5.69 Å². The summed E-state index contributed by atoms with van der Waals surface area (Å²) in [5.41, 5.74) is 3.38. The Hall–Kier alpha value is -3.28. The Labute approximate surface area is 169 Å². The Morgan fingerprint density at radius 2 is 1.76 bits per heavy atom. The summed E-state index contributed by atoms with van der Waals surface area (Å²) in [6.45, 7) is 3.89. The van der Waals surface area contributed by atoms with Crippen LogP contribution in [0.3, 0.4) is 0 Å². The molecule has 0 radical (unpaired) electrons. The SMILES string of the molecule is Cc1ccc(C)c(NC(=O)Nc2c(NC3CCCC3)c3ccccc3oc2=O)c1. The van der Waals surface area contributed by atoms with Crippen molar-refractivity contribution in [3.8, 4) is 0 Å². The van der Waals surface area contributed by atoms with Crippen molar-refractivity contribution in [2.45, 2.75) is 45.6 Å². The van der Waals surface area contributed by atoms with Crippen LogP contribution in [0.15, 0.2) is 51.7 Å². The third-order valence-corrected chi connectivity index (χ3v) is 5.40. The predicted octanol–water partition coefficient (Wildman–Crippen LogP) is 5.41. The van der Waals surface area contributed by atoms with Crippen LogP contribution < -0.4 is 21.6 Å². The molecule has 6 heteroatoms. The van der Waals surface area contributed by atoms with Crippen LogP contribution in [0.4, 0.5) is 21.9 Å². The minimum Gasteiger partial charge on any atom is -0.421 e. The first-order valence-corrected chi connectivity index (χ1v) is 9.99. The van der Waals surface area contributed by atoms with Crippen molar-refractivity contribution in [2.24, 2.45) is 0 Å². The van der Waals surface area contributed by atoms with E-state index in [0.29, 0.717) is 17.0 Å². The molecule has 6 nitrogen and oxygen atoms in total. The fourth-order valence-electron chi connectivity index (χ4n) is 3.83. The molecule has 0 aliphatic heterocycles. The van der Waals surface area contributed by atoms with Crippen molar-refractivity contribution in [3.63, 3.8) is 0 Å². The summed E-state index contributed by atoms with van der Waals surface area (Å²) in [6, 6.07) is 13.0. The molecule has 0 atom stereocenters. The summed E-state index contributed by atoms with van der Waals surface area (Å²) in [5, 5.41) is 9.82. The second-order valence-corrected chi connectivity index (χ2v) is 7.66. The number of urea groups is 1. The number of hydrogen-bond acceptors (Lipinski definition) is 4. The highest BCUT2D eigenvalue weighted by Gasteiger charge is 2.22. The summed E-state index contributed by atoms with van der Waals surface area (Å²) in [4.78, 5) is 25.4. The molecule has 2 amide bonds. The van der Waals surface area contributed by atoms with Gasteiger partial charge in [-0.25, -0.2) is 9.59 Å². The number of benzene rings is 2. The van der Waals surface area contributed by atoms with E-state index in [9.17, 15) is 9.59 Å². The second-order valence-electron chi connectivity index (χ2n) is 7.66. The Morgan fingerprint density at radius 1 is 1.00 bits per heavy atom. The van der Waals surface area contributed by atoms with Crippen molar-refractivity contribution in [1.29, 1.82) is 0 Å². The van der Waals surface area contributed by atoms with E-state index in [1.807, 2.05) is 50.2 Å². The number of hydrogen-bond donors (Lipinski definition) is 3. The van der Waals surface area contributed by atoms with E-state index < -0.39 is 11.7 Å². The van der Waals surface area contributed by atoms with Crippen molar-refractivity contribution in [2.75, 3.05) is 16.0 Å². The monoisotopic (exact) mass is 391 g/mol. The first-order chi connectivity index (χ1) is 14.0. The summed E-state index contributed by atoms with van der Waals surface area (Å²) in [7, 11) is 0. The minimum atomic E-state index is -0.569. The maximum Gasteiger partial charge on any atom is 0.362 e. The van der Waals surface area contributed by atoms with Crippen molar-refractivity contribution in [1.82, 2.24) is 0 Å². The van der Waals surface area contributed by atoms with Gasteiger partial charge in [0, 0.05) is 17.1 Å². The Balaban J connectivity index is 1.68. The van der Waals surface area contributed by atoms with Gasteiger partial charge in [0.25, 0.3) is 0 Å². The molecule has 0 unspecified atom stereocenters. The molecule has 3 aromatic rings. The minimum absolute atomic E-state index is 0.137. The Morgan fingerprint density at radius 3 is 2.55 bits per heavy atom. The third kappa shape index (κ3) is 4.11. The molecule has 1 heterocycles. The lowest BCUT2D eigenvalue weighted by Gasteiger charge is -2.19. The van der Waals surface area contributed by atoms with E-state index in [4.69, 9.17) is 4.42 Å². The highest BCUT2D eigenvalue weighted by molar-refractivity contribution is 6.06. The van der Waals surface area contributed by atoms with Gasteiger partial charge in [0.15, 0.2) is 5.69 Å². The third-order valence-electron chi connectivity index (χ3n) is 5.40. The molecule has 0 saturated heterocycles. The van der Waals surface area contributed by atoms with Gasteiger partial charge < -0.3 is 15.1 Å². The van der Waals surface area contributed by atoms with Crippen LogP contribution in [0, 0.1) is 13.8 Å². The number of aryl methyl sites for hydroxylation is 2. The van der Waals surface area contributed by atoms with E-state index in [2.05, 4.69) is 16.0 Å². The van der Waals surface area contributed by atoms with Crippen LogP contribution >= 0.6 is 0 Å². The van der Waals surface area contributed by atoms with Gasteiger partial charge in [-0.05, 0) is 56.0 Å². The normalized spacial score (nSPS) is 14.1. The summed E-state index contributed by atoms with van der Waals surface area (Å²) >= 11 is 0. The Bertz CT molecular complexity index is 1110. The number of para-hydroxylation sites is 1. The lowest BCUT2D eigenvalue weighted by molar-refractivity contribution is 0.262. The molecule has 4 rings (SSSR count). The van der Waals surface area contributed by atoms with Crippen molar-refractivity contribution in [3.05, 3.63) is 64.0 Å². The summed E-state index contributed by atoms with van der Waals surface area (Å²) in [5.74, 6) is 0. The van der Waals surface area contributed by atoms with E-state index in [1.54, 1.807) is 6.07 Å². The maximum absolute atomic E-state index is 12.7. The summed E-state index contributed by atoms with van der Waals surface area (Å²) in [6.07, 6.45) is 4.41. The molecule has 1 fully saturated rings. The molecule has 29 heavy (non-hydrogen) atoms. The van der Waals surface area contributed by atoms with Gasteiger partial charge in [-0.1, -0.05) is 37.1 Å². The fourth-order valence-corrected chi connectivity index (χ4v) is 3.83. The van der Waals surface area contributed by atoms with Crippen LogP contribution in [0.25, 0.3) is 11.0 Å². The van der Waals surface area contributed by atoms with E-state index in [0.717, 1.165) is 42.2 Å². The van der Waals surface area contributed by atoms with Crippen LogP contribution in [-0.2, 0) is 0 Å². The second kappa shape index (κ2) is 7.99. The topological polar surface area (TPSA) is 83.4 Å². The van der Waals surface area contributed by atoms with Gasteiger partial charge >= 0.3 is 11.7 Å². The zero-order chi connectivity index (χ0) is 20.4. The quantitative estimate of drug-likeness (QED) is 0.519. The van der Waals surface area contributed by atoms with Crippen LogP contribution in [-0.4, -0.2) is 12.1 Å². The van der Waals surface area contributed by atoms with Crippen molar-refractivity contribution >= 4 is 34.1 Å². The number of nitrogens with one attached hydrogen (secondary N) is 3. The first-order valence-electron chi connectivity index (χ1n) is 9.99. The van der Waals surface area contributed by atoms with Crippen LogP contribution in [0.1, 0.15) is 36.8 Å². The fraction of sp³-hybridized carbons (Fsp3) is 0.304. The maximum atomic E-state index is 12.7. The van der Waals surface area contributed by atoms with Gasteiger partial charge in [-0.2, -0.15) is 0 Å². The van der Waals surface area contributed by atoms with Gasteiger partial charge in [-0.15, -0.1) is 0 Å². The van der Waals surface area contributed by atoms with E-state index in [-0.39, 0.29) is 11.7 Å². The number of anilines is 3. The molecular weight excluding hydrogens is 366 g/mol. The van der Waals surface area contributed by atoms with E-state index in [1.165, 1.54) is 0 Å². The molecular formula is C23H25N3O3. The largest absolute Gasteiger partial charge is 0.421 e. The molecule has 0 bridgehead atoms. The van der Waals surface area contributed by atoms with Crippen molar-refractivity contribution < 1.29 is 9.21 Å². The summed E-state index contributed by atoms with van der Waals surface area (Å²) < 4.78 is 5.45. The number of carbonyl (C=O) groups excluding carboxylic acids is 1. The molecule has 2 aromatic carbocycles. The molecule has 1 aromatic heterocycles. The van der Waals surface area contributed by atoms with E-state index >= 15 is 0 Å². The average molecular weight is 391 g/mol. The van der Waals surface area contributed by atoms with Gasteiger partial charge in [0.2, 0.25) is 0 Å². The zero-order valence-corrected chi connectivity index (χ0v) is 16.7. The zero-order valence-electron chi connectivity index (χ0n) is 16.7. The Kier molecular flexibility index (Phi) is 5.25. The van der Waals surface area contributed by atoms with Gasteiger partial charge in [-0.3, -0.25) is 5.32 Å². The smallest absolute Gasteiger partial charge is 0.362 e. The molecule has 1 aliphatic carbocycles. The van der Waals surface area contributed by atoms with Crippen LogP contribution in [0.5, 0.6) is 0 Å². The lowest BCUT2D eigenvalue weighted by Crippen LogP contribution is -2.26. The molecule has 1 aliphatic rings. The van der Waals surface area contributed by atoms with Gasteiger partial charge in [0.1, 0.15) is 5.58 Å². The molecule has 3 N–H and O–H groups in total. The van der Waals surface area contributed by atoms with Crippen LogP contribution in [0.2, 0.25) is 0 Å². The number of carbonyl (C=O) groups is 1. The number of fused-ring (bicyclic) bond motifs is 1. The first kappa shape index (κ1) is 19.1. The average Bonchev–Trinajstić information content (AvgIpc) is 3.20. The molecule has 0 spiro atoms. The number of rotatable bonds is 4. The molecule has 150 valence electrons. The standard InChI is InChI=1S/C23H25N3O3/c1-14-11-12-15(2)18(13-14)25-23(28)26-21-20(24-16-7-3-4-8-16)17-9-5-6-10-19(17)29-22(21)27/h5-6,9-13,16,24H,3-4,7-8H2,1-2H3,(H2,25,26,28). The highest BCUT2D eigenvalue weighted by Crippen LogP contribution is 2.32.